The Morgan fingerprint density at radius 2 is 2.33 bits per heavy atom. The van der Waals surface area contributed by atoms with Gasteiger partial charge in [-0.05, 0) is 18.6 Å². The Labute approximate surface area is 70.4 Å². The van der Waals surface area contributed by atoms with Crippen LogP contribution in [-0.4, -0.2) is 17.1 Å². The Hall–Kier alpha value is -1.51. The number of aromatic amines is 1. The maximum absolute atomic E-state index is 5.15. The van der Waals surface area contributed by atoms with E-state index in [-0.39, 0.29) is 0 Å². The van der Waals surface area contributed by atoms with E-state index in [1.165, 1.54) is 0 Å². The fourth-order valence-electron chi connectivity index (χ4n) is 1.25. The topological polar surface area (TPSA) is 37.9 Å². The summed E-state index contributed by atoms with van der Waals surface area (Å²) < 4.78 is 5.15. The number of hydrogen-bond acceptors (Lipinski definition) is 2. The minimum absolute atomic E-state index is 0.848. The summed E-state index contributed by atoms with van der Waals surface area (Å²) in [6.45, 7) is 2.01. The van der Waals surface area contributed by atoms with E-state index in [0.717, 1.165) is 22.3 Å². The zero-order valence-corrected chi connectivity index (χ0v) is 7.09. The Bertz CT molecular complexity index is 406. The first-order valence-electron chi connectivity index (χ1n) is 3.79. The first-order chi connectivity index (χ1) is 5.81. The third-order valence-corrected chi connectivity index (χ3v) is 1.85. The summed E-state index contributed by atoms with van der Waals surface area (Å²) in [4.78, 5) is 7.24. The Kier molecular flexibility index (Phi) is 1.50. The molecule has 1 N–H and O–H groups in total. The number of pyridine rings is 1. The number of rotatable bonds is 1. The van der Waals surface area contributed by atoms with Crippen LogP contribution in [0.4, 0.5) is 0 Å². The largest absolute Gasteiger partial charge is 0.494 e. The van der Waals surface area contributed by atoms with Crippen molar-refractivity contribution in [2.45, 2.75) is 6.92 Å². The molecule has 2 aromatic heterocycles. The molecule has 0 saturated carbocycles. The maximum atomic E-state index is 5.15. The van der Waals surface area contributed by atoms with Gasteiger partial charge in [-0.1, -0.05) is 0 Å². The molecule has 2 heterocycles. The summed E-state index contributed by atoms with van der Waals surface area (Å²) in [5, 5.41) is 1.04. The summed E-state index contributed by atoms with van der Waals surface area (Å²) in [6, 6.07) is 2.05. The predicted octanol–water partition coefficient (Wildman–Crippen LogP) is 1.88. The lowest BCUT2D eigenvalue weighted by atomic mass is 10.2. The van der Waals surface area contributed by atoms with Crippen LogP contribution in [0.1, 0.15) is 5.56 Å². The molecule has 62 valence electrons. The zero-order chi connectivity index (χ0) is 8.55. The van der Waals surface area contributed by atoms with E-state index in [1.54, 1.807) is 7.11 Å². The second-order valence-corrected chi connectivity index (χ2v) is 2.77. The van der Waals surface area contributed by atoms with Crippen LogP contribution in [0.3, 0.4) is 0 Å². The molecule has 0 aliphatic rings. The summed E-state index contributed by atoms with van der Waals surface area (Å²) in [5.74, 6) is 0.848. The van der Waals surface area contributed by atoms with Crippen LogP contribution in [0.2, 0.25) is 0 Å². The lowest BCUT2D eigenvalue weighted by molar-refractivity contribution is 0.419. The number of nitrogens with zero attached hydrogens (tertiary/aromatic N) is 1. The maximum Gasteiger partial charge on any atom is 0.145 e. The number of hydrogen-bond donors (Lipinski definition) is 1. The van der Waals surface area contributed by atoms with Crippen molar-refractivity contribution < 1.29 is 4.74 Å². The van der Waals surface area contributed by atoms with Gasteiger partial charge in [0.1, 0.15) is 11.4 Å². The fraction of sp³-hybridized carbons (Fsp3) is 0.222. The van der Waals surface area contributed by atoms with Gasteiger partial charge in [-0.15, -0.1) is 0 Å². The van der Waals surface area contributed by atoms with E-state index in [1.807, 2.05) is 19.3 Å². The molecule has 0 fully saturated rings. The highest BCUT2D eigenvalue weighted by atomic mass is 16.5. The molecule has 0 unspecified atom stereocenters. The molecule has 0 aromatic carbocycles. The zero-order valence-electron chi connectivity index (χ0n) is 7.09. The van der Waals surface area contributed by atoms with Crippen molar-refractivity contribution in [1.82, 2.24) is 9.97 Å². The van der Waals surface area contributed by atoms with Crippen molar-refractivity contribution in [3.8, 4) is 5.75 Å². The Morgan fingerprint density at radius 3 is 3.08 bits per heavy atom. The standard InChI is InChI=1S/C9H10N2O/c1-6-3-7-8(12-2)5-11-9(7)10-4-6/h3-5H,1-2H3,(H,10,11). The van der Waals surface area contributed by atoms with Gasteiger partial charge in [-0.3, -0.25) is 0 Å². The lowest BCUT2D eigenvalue weighted by Gasteiger charge is -1.95. The molecule has 12 heavy (non-hydrogen) atoms. The minimum Gasteiger partial charge on any atom is -0.494 e. The molecule has 0 radical (unpaired) electrons. The van der Waals surface area contributed by atoms with E-state index in [0.29, 0.717) is 0 Å². The third kappa shape index (κ3) is 0.942. The SMILES string of the molecule is COc1c[nH]c2ncc(C)cc12. The second-order valence-electron chi connectivity index (χ2n) is 2.77. The number of nitrogens with one attached hydrogen (secondary N) is 1. The summed E-state index contributed by atoms with van der Waals surface area (Å²) in [6.07, 6.45) is 3.65. The molecule has 3 heteroatoms. The van der Waals surface area contributed by atoms with Gasteiger partial charge in [-0.25, -0.2) is 4.98 Å². The van der Waals surface area contributed by atoms with Crippen LogP contribution in [0.5, 0.6) is 5.75 Å². The first-order valence-corrected chi connectivity index (χ1v) is 3.79. The second kappa shape index (κ2) is 2.52. The first kappa shape index (κ1) is 7.16. The van der Waals surface area contributed by atoms with Crippen molar-refractivity contribution in [1.29, 1.82) is 0 Å². The van der Waals surface area contributed by atoms with Crippen molar-refractivity contribution >= 4 is 11.0 Å². The Balaban J connectivity index is 2.75. The molecule has 0 aliphatic heterocycles. The molecule has 0 aliphatic carbocycles. The van der Waals surface area contributed by atoms with E-state index < -0.39 is 0 Å². The molecular formula is C9H10N2O. The smallest absolute Gasteiger partial charge is 0.145 e. The van der Waals surface area contributed by atoms with Crippen molar-refractivity contribution in [3.63, 3.8) is 0 Å². The van der Waals surface area contributed by atoms with Crippen LogP contribution < -0.4 is 4.74 Å². The van der Waals surface area contributed by atoms with Crippen LogP contribution >= 0.6 is 0 Å². The highest BCUT2D eigenvalue weighted by Gasteiger charge is 2.03. The third-order valence-electron chi connectivity index (χ3n) is 1.85. The van der Waals surface area contributed by atoms with Gasteiger partial charge in [0.05, 0.1) is 12.5 Å². The number of H-pyrrole nitrogens is 1. The van der Waals surface area contributed by atoms with E-state index >= 15 is 0 Å². The van der Waals surface area contributed by atoms with E-state index in [2.05, 4.69) is 16.0 Å². The number of ether oxygens (including phenoxy) is 1. The van der Waals surface area contributed by atoms with Crippen LogP contribution in [0.15, 0.2) is 18.5 Å². The molecule has 0 amide bonds. The van der Waals surface area contributed by atoms with Crippen molar-refractivity contribution in [2.24, 2.45) is 0 Å². The highest BCUT2D eigenvalue weighted by molar-refractivity contribution is 5.83. The van der Waals surface area contributed by atoms with Gasteiger partial charge in [0.25, 0.3) is 0 Å². The molecule has 0 atom stereocenters. The minimum atomic E-state index is 0.848. The van der Waals surface area contributed by atoms with Gasteiger partial charge >= 0.3 is 0 Å². The average molecular weight is 162 g/mol. The number of aromatic nitrogens is 2. The van der Waals surface area contributed by atoms with Gasteiger partial charge in [0, 0.05) is 12.4 Å². The van der Waals surface area contributed by atoms with Gasteiger partial charge in [0.15, 0.2) is 0 Å². The van der Waals surface area contributed by atoms with Gasteiger partial charge in [0.2, 0.25) is 0 Å². The number of methoxy groups -OCH3 is 1. The summed E-state index contributed by atoms with van der Waals surface area (Å²) in [7, 11) is 1.66. The van der Waals surface area contributed by atoms with Crippen molar-refractivity contribution in [3.05, 3.63) is 24.0 Å². The summed E-state index contributed by atoms with van der Waals surface area (Å²) in [5.41, 5.74) is 2.01. The number of fused-ring (bicyclic) bond motifs is 1. The van der Waals surface area contributed by atoms with Crippen LogP contribution in [0.25, 0.3) is 11.0 Å². The average Bonchev–Trinajstić information content (AvgIpc) is 2.46. The van der Waals surface area contributed by atoms with E-state index in [9.17, 15) is 0 Å². The number of aryl methyl sites for hydroxylation is 1. The quantitative estimate of drug-likeness (QED) is 0.695. The predicted molar refractivity (Wildman–Crippen MR) is 47.4 cm³/mol. The van der Waals surface area contributed by atoms with Gasteiger partial charge in [-0.2, -0.15) is 0 Å². The molecule has 0 saturated heterocycles. The van der Waals surface area contributed by atoms with Crippen molar-refractivity contribution in [2.75, 3.05) is 7.11 Å². The lowest BCUT2D eigenvalue weighted by Crippen LogP contribution is -1.81. The van der Waals surface area contributed by atoms with Gasteiger partial charge < -0.3 is 9.72 Å². The normalized spacial score (nSPS) is 10.5. The molecule has 0 bridgehead atoms. The molecule has 0 spiro atoms. The fourth-order valence-corrected chi connectivity index (χ4v) is 1.25. The molecule has 2 rings (SSSR count). The molecule has 2 aromatic rings. The highest BCUT2D eigenvalue weighted by Crippen LogP contribution is 2.23. The van der Waals surface area contributed by atoms with E-state index in [4.69, 9.17) is 4.74 Å². The Morgan fingerprint density at radius 1 is 1.50 bits per heavy atom. The monoisotopic (exact) mass is 162 g/mol. The van der Waals surface area contributed by atoms with Crippen LogP contribution in [-0.2, 0) is 0 Å². The molecular weight excluding hydrogens is 152 g/mol. The molecule has 3 nitrogen and oxygen atoms in total. The van der Waals surface area contributed by atoms with Crippen LogP contribution in [0, 0.1) is 6.92 Å². The summed E-state index contributed by atoms with van der Waals surface area (Å²) >= 11 is 0.